The lowest BCUT2D eigenvalue weighted by Crippen LogP contribution is -2.44. The second kappa shape index (κ2) is 9.86. The highest BCUT2D eigenvalue weighted by Crippen LogP contribution is 2.18. The van der Waals surface area contributed by atoms with Gasteiger partial charge in [-0.2, -0.15) is 5.10 Å². The summed E-state index contributed by atoms with van der Waals surface area (Å²) in [6.45, 7) is 6.83. The van der Waals surface area contributed by atoms with Gasteiger partial charge in [0, 0.05) is 0 Å². The molecule has 1 aromatic carbocycles. The monoisotopic (exact) mass is 401 g/mol. The summed E-state index contributed by atoms with van der Waals surface area (Å²) in [7, 11) is 1.26. The summed E-state index contributed by atoms with van der Waals surface area (Å²) < 4.78 is 11.5. The number of aryl methyl sites for hydroxylation is 1. The van der Waals surface area contributed by atoms with Crippen molar-refractivity contribution in [2.24, 2.45) is 5.92 Å². The number of ether oxygens (including phenoxy) is 2. The van der Waals surface area contributed by atoms with Crippen molar-refractivity contribution in [3.8, 4) is 5.69 Å². The van der Waals surface area contributed by atoms with Gasteiger partial charge in [0.2, 0.25) is 0 Å². The summed E-state index contributed by atoms with van der Waals surface area (Å²) in [6, 6.07) is 8.62. The molecule has 1 N–H and O–H groups in total. The minimum Gasteiger partial charge on any atom is -0.467 e. The maximum absolute atomic E-state index is 12.5. The summed E-state index contributed by atoms with van der Waals surface area (Å²) in [4.78, 5) is 36.5. The van der Waals surface area contributed by atoms with Crippen molar-refractivity contribution < 1.29 is 23.9 Å². The number of carbonyl (C=O) groups is 3. The van der Waals surface area contributed by atoms with Gasteiger partial charge in [0.15, 0.2) is 6.61 Å². The van der Waals surface area contributed by atoms with Gasteiger partial charge in [0.25, 0.3) is 5.91 Å². The van der Waals surface area contributed by atoms with Gasteiger partial charge in [-0.05, 0) is 38.3 Å². The van der Waals surface area contributed by atoms with E-state index in [1.54, 1.807) is 18.5 Å². The summed E-state index contributed by atoms with van der Waals surface area (Å²) in [5.74, 6) is -1.57. The molecule has 2 aromatic rings. The molecule has 0 fully saturated rings. The summed E-state index contributed by atoms with van der Waals surface area (Å²) in [5.41, 5.74) is 2.25. The lowest BCUT2D eigenvalue weighted by atomic mass is 10.0. The van der Waals surface area contributed by atoms with Gasteiger partial charge in [0.05, 0.1) is 24.2 Å². The highest BCUT2D eigenvalue weighted by Gasteiger charge is 2.25. The largest absolute Gasteiger partial charge is 0.467 e. The van der Waals surface area contributed by atoms with E-state index in [2.05, 4.69) is 10.4 Å². The summed E-state index contributed by atoms with van der Waals surface area (Å²) in [5, 5.41) is 6.95. The topological polar surface area (TPSA) is 99.5 Å². The molecule has 1 amide bonds. The van der Waals surface area contributed by atoms with E-state index < -0.39 is 30.5 Å². The molecule has 0 aliphatic carbocycles. The Kier molecular flexibility index (Phi) is 7.52. The molecule has 2 rings (SSSR count). The van der Waals surface area contributed by atoms with Gasteiger partial charge < -0.3 is 14.8 Å². The van der Waals surface area contributed by atoms with E-state index in [1.165, 1.54) is 7.11 Å². The maximum atomic E-state index is 12.5. The molecular weight excluding hydrogens is 374 g/mol. The van der Waals surface area contributed by atoms with Crippen LogP contribution in [0.5, 0.6) is 0 Å². The fraction of sp³-hybridized carbons (Fsp3) is 0.429. The molecule has 0 aliphatic rings. The van der Waals surface area contributed by atoms with Crippen molar-refractivity contribution in [3.05, 3.63) is 47.3 Å². The van der Waals surface area contributed by atoms with Crippen LogP contribution in [0.2, 0.25) is 0 Å². The average Bonchev–Trinajstić information content (AvgIpc) is 2.99. The molecule has 0 aliphatic heterocycles. The van der Waals surface area contributed by atoms with Crippen LogP contribution < -0.4 is 5.32 Å². The Hall–Kier alpha value is -3.16. The molecule has 29 heavy (non-hydrogen) atoms. The van der Waals surface area contributed by atoms with Crippen LogP contribution in [0, 0.1) is 19.8 Å². The second-order valence-corrected chi connectivity index (χ2v) is 7.14. The zero-order valence-corrected chi connectivity index (χ0v) is 17.4. The molecule has 1 unspecified atom stereocenters. The first-order valence-corrected chi connectivity index (χ1v) is 9.40. The minimum absolute atomic E-state index is 0.177. The van der Waals surface area contributed by atoms with Gasteiger partial charge in [-0.25, -0.2) is 14.3 Å². The molecule has 1 aromatic heterocycles. The van der Waals surface area contributed by atoms with Crippen molar-refractivity contribution in [1.82, 2.24) is 15.1 Å². The fourth-order valence-electron chi connectivity index (χ4n) is 3.03. The molecule has 1 heterocycles. The lowest BCUT2D eigenvalue weighted by molar-refractivity contribution is -0.145. The number of benzene rings is 1. The van der Waals surface area contributed by atoms with Gasteiger partial charge in [-0.1, -0.05) is 32.0 Å². The van der Waals surface area contributed by atoms with Crippen LogP contribution in [-0.4, -0.2) is 47.4 Å². The molecule has 1 atom stereocenters. The predicted octanol–water partition coefficient (Wildman–Crippen LogP) is 2.35. The third-order valence-corrected chi connectivity index (χ3v) is 4.36. The first-order chi connectivity index (χ1) is 13.7. The number of hydrogen-bond donors (Lipinski definition) is 1. The number of nitrogens with zero attached hydrogens (tertiary/aromatic N) is 2. The number of esters is 2. The zero-order valence-electron chi connectivity index (χ0n) is 17.4. The van der Waals surface area contributed by atoms with Crippen LogP contribution in [0.15, 0.2) is 30.3 Å². The number of aromatic nitrogens is 2. The van der Waals surface area contributed by atoms with E-state index in [0.29, 0.717) is 23.4 Å². The molecule has 8 heteroatoms. The smallest absolute Gasteiger partial charge is 0.342 e. The van der Waals surface area contributed by atoms with Crippen molar-refractivity contribution >= 4 is 17.8 Å². The van der Waals surface area contributed by atoms with E-state index in [1.807, 2.05) is 44.2 Å². The molecule has 0 bridgehead atoms. The number of methoxy groups -OCH3 is 1. The van der Waals surface area contributed by atoms with E-state index >= 15 is 0 Å². The highest BCUT2D eigenvalue weighted by molar-refractivity contribution is 5.94. The predicted molar refractivity (Wildman–Crippen MR) is 107 cm³/mol. The van der Waals surface area contributed by atoms with Crippen molar-refractivity contribution in [3.63, 3.8) is 0 Å². The third-order valence-electron chi connectivity index (χ3n) is 4.36. The van der Waals surface area contributed by atoms with Crippen molar-refractivity contribution in [1.29, 1.82) is 0 Å². The molecule has 8 nitrogen and oxygen atoms in total. The normalized spacial score (nSPS) is 11.8. The van der Waals surface area contributed by atoms with Gasteiger partial charge in [-0.3, -0.25) is 4.79 Å². The quantitative estimate of drug-likeness (QED) is 0.682. The summed E-state index contributed by atoms with van der Waals surface area (Å²) in [6.07, 6.45) is 0.425. The Bertz CT molecular complexity index is 874. The van der Waals surface area contributed by atoms with Crippen LogP contribution >= 0.6 is 0 Å². The molecule has 0 saturated heterocycles. The molecular formula is C21H27N3O5. The SMILES string of the molecule is COC(=O)C(CC(C)C)NC(=O)COC(=O)c1c(C)nn(-c2ccccc2)c1C. The van der Waals surface area contributed by atoms with Crippen LogP contribution in [0.25, 0.3) is 5.69 Å². The minimum atomic E-state index is -0.782. The Labute approximate surface area is 170 Å². The maximum Gasteiger partial charge on any atom is 0.342 e. The molecule has 0 radical (unpaired) electrons. The van der Waals surface area contributed by atoms with Crippen LogP contribution in [0.4, 0.5) is 0 Å². The number of carbonyl (C=O) groups excluding carboxylic acids is 3. The van der Waals surface area contributed by atoms with Crippen LogP contribution in [0.3, 0.4) is 0 Å². The number of rotatable bonds is 8. The molecule has 156 valence electrons. The van der Waals surface area contributed by atoms with Crippen molar-refractivity contribution in [2.45, 2.75) is 40.2 Å². The number of para-hydroxylation sites is 1. The number of hydrogen-bond acceptors (Lipinski definition) is 6. The Balaban J connectivity index is 2.04. The first-order valence-electron chi connectivity index (χ1n) is 9.40. The van der Waals surface area contributed by atoms with Gasteiger partial charge in [-0.15, -0.1) is 0 Å². The average molecular weight is 401 g/mol. The number of nitrogens with one attached hydrogen (secondary N) is 1. The van der Waals surface area contributed by atoms with E-state index in [9.17, 15) is 14.4 Å². The van der Waals surface area contributed by atoms with E-state index in [4.69, 9.17) is 9.47 Å². The Morgan fingerprint density at radius 1 is 1.14 bits per heavy atom. The first kappa shape index (κ1) is 22.1. The Morgan fingerprint density at radius 3 is 2.38 bits per heavy atom. The third kappa shape index (κ3) is 5.66. The fourth-order valence-corrected chi connectivity index (χ4v) is 3.03. The van der Waals surface area contributed by atoms with Gasteiger partial charge in [0.1, 0.15) is 11.6 Å². The number of amides is 1. The zero-order chi connectivity index (χ0) is 21.6. The van der Waals surface area contributed by atoms with Crippen molar-refractivity contribution in [2.75, 3.05) is 13.7 Å². The second-order valence-electron chi connectivity index (χ2n) is 7.14. The van der Waals surface area contributed by atoms with E-state index in [-0.39, 0.29) is 5.92 Å². The Morgan fingerprint density at radius 2 is 1.79 bits per heavy atom. The molecule has 0 saturated carbocycles. The van der Waals surface area contributed by atoms with Crippen LogP contribution in [-0.2, 0) is 19.1 Å². The highest BCUT2D eigenvalue weighted by atomic mass is 16.5. The summed E-state index contributed by atoms with van der Waals surface area (Å²) >= 11 is 0. The van der Waals surface area contributed by atoms with Gasteiger partial charge >= 0.3 is 11.9 Å². The van der Waals surface area contributed by atoms with E-state index in [0.717, 1.165) is 5.69 Å². The van der Waals surface area contributed by atoms with Crippen LogP contribution in [0.1, 0.15) is 42.0 Å². The molecule has 0 spiro atoms. The standard InChI is InChI=1S/C21H27N3O5/c1-13(2)11-17(20(26)28-5)22-18(25)12-29-21(27)19-14(3)23-24(15(19)4)16-9-7-6-8-10-16/h6-10,13,17H,11-12H2,1-5H3,(H,22,25). The lowest BCUT2D eigenvalue weighted by Gasteiger charge is -2.18.